The highest BCUT2D eigenvalue weighted by molar-refractivity contribution is 7.21. The first-order valence-electron chi connectivity index (χ1n) is 12.3. The molecule has 1 atom stereocenters. The van der Waals surface area contributed by atoms with Crippen LogP contribution in [0.3, 0.4) is 0 Å². The molecule has 0 bridgehead atoms. The van der Waals surface area contributed by atoms with Crippen LogP contribution < -0.4 is 10.6 Å². The maximum absolute atomic E-state index is 12.7. The van der Waals surface area contributed by atoms with Crippen LogP contribution in [0, 0.1) is 0 Å². The first-order chi connectivity index (χ1) is 17.1. The van der Waals surface area contributed by atoms with Gasteiger partial charge in [-0.15, -0.1) is 23.7 Å². The molecule has 0 aliphatic carbocycles. The zero-order valence-electron chi connectivity index (χ0n) is 20.1. The van der Waals surface area contributed by atoms with Crippen LogP contribution in [-0.2, 0) is 4.79 Å². The molecule has 186 valence electrons. The van der Waals surface area contributed by atoms with Gasteiger partial charge in [-0.05, 0) is 74.7 Å². The molecule has 6 nitrogen and oxygen atoms in total. The number of benzene rings is 2. The molecule has 1 amide bonds. The lowest BCUT2D eigenvalue weighted by Crippen LogP contribution is -2.34. The molecule has 36 heavy (non-hydrogen) atoms. The standard InChI is InChI=1S/C28H28N4O2S.ClH/c1-17-16-29-26-25-21-5-6-22(31-23(21)7-8-24(25)35-27(26)28(34)30-17)20-4-2-3-19(15-20)18-9-11-32(12-10-18)13-14-33;/h2-8,14-15,17-18,29H,9-13,16H2,1H3,(H,30,34);1H/t17-;/m1./s1. The largest absolute Gasteiger partial charge is 0.381 e. The number of hydrogen-bond donors (Lipinski definition) is 2. The molecule has 1 fully saturated rings. The van der Waals surface area contributed by atoms with Crippen LogP contribution in [0.15, 0.2) is 48.5 Å². The van der Waals surface area contributed by atoms with E-state index in [0.29, 0.717) is 19.0 Å². The Morgan fingerprint density at radius 1 is 1.14 bits per heavy atom. The van der Waals surface area contributed by atoms with Gasteiger partial charge in [0, 0.05) is 33.6 Å². The molecule has 0 spiro atoms. The van der Waals surface area contributed by atoms with E-state index < -0.39 is 0 Å². The van der Waals surface area contributed by atoms with Crippen LogP contribution in [0.25, 0.3) is 32.2 Å². The van der Waals surface area contributed by atoms with Gasteiger partial charge in [0.15, 0.2) is 0 Å². The van der Waals surface area contributed by atoms with Gasteiger partial charge in [-0.1, -0.05) is 18.2 Å². The number of carbonyl (C=O) groups excluding carboxylic acids is 2. The number of piperidine rings is 1. The second kappa shape index (κ2) is 10.2. The molecule has 4 aromatic rings. The summed E-state index contributed by atoms with van der Waals surface area (Å²) >= 11 is 1.53. The van der Waals surface area contributed by atoms with Crippen molar-refractivity contribution in [1.82, 2.24) is 15.2 Å². The number of fused-ring (bicyclic) bond motifs is 5. The van der Waals surface area contributed by atoms with Crippen molar-refractivity contribution in [3.63, 3.8) is 0 Å². The second-order valence-corrected chi connectivity index (χ2v) is 10.7. The third-order valence-corrected chi connectivity index (χ3v) is 8.42. The molecule has 4 heterocycles. The van der Waals surface area contributed by atoms with Crippen molar-refractivity contribution in [3.05, 3.63) is 59.0 Å². The molecule has 0 radical (unpaired) electrons. The highest BCUT2D eigenvalue weighted by atomic mass is 35.5. The lowest BCUT2D eigenvalue weighted by molar-refractivity contribution is -0.109. The van der Waals surface area contributed by atoms with E-state index in [2.05, 4.69) is 64.1 Å². The molecule has 0 saturated carbocycles. The number of carbonyl (C=O) groups is 2. The molecule has 2 aliphatic rings. The summed E-state index contributed by atoms with van der Waals surface area (Å²) in [6.07, 6.45) is 3.14. The Morgan fingerprint density at radius 2 is 1.97 bits per heavy atom. The minimum absolute atomic E-state index is 0. The maximum atomic E-state index is 12.7. The molecule has 8 heteroatoms. The molecule has 6 rings (SSSR count). The van der Waals surface area contributed by atoms with Crippen molar-refractivity contribution in [3.8, 4) is 11.3 Å². The van der Waals surface area contributed by atoms with E-state index in [1.165, 1.54) is 16.9 Å². The van der Waals surface area contributed by atoms with Gasteiger partial charge in [0.2, 0.25) is 0 Å². The Morgan fingerprint density at radius 3 is 2.78 bits per heavy atom. The van der Waals surface area contributed by atoms with Crippen molar-refractivity contribution in [2.75, 3.05) is 31.5 Å². The molecule has 2 N–H and O–H groups in total. The molecule has 2 aromatic carbocycles. The van der Waals surface area contributed by atoms with Gasteiger partial charge in [0.05, 0.1) is 23.4 Å². The number of amides is 1. The van der Waals surface area contributed by atoms with Gasteiger partial charge in [-0.3, -0.25) is 9.69 Å². The predicted molar refractivity (Wildman–Crippen MR) is 150 cm³/mol. The van der Waals surface area contributed by atoms with E-state index in [-0.39, 0.29) is 24.4 Å². The van der Waals surface area contributed by atoms with Gasteiger partial charge < -0.3 is 15.4 Å². The van der Waals surface area contributed by atoms with Crippen LogP contribution in [0.2, 0.25) is 0 Å². The molecule has 2 aromatic heterocycles. The summed E-state index contributed by atoms with van der Waals surface area (Å²) < 4.78 is 1.09. The number of hydrogen-bond acceptors (Lipinski definition) is 6. The van der Waals surface area contributed by atoms with Gasteiger partial charge in [0.1, 0.15) is 11.2 Å². The molecule has 2 aliphatic heterocycles. The van der Waals surface area contributed by atoms with Crippen molar-refractivity contribution < 1.29 is 9.59 Å². The summed E-state index contributed by atoms with van der Waals surface area (Å²) in [5.74, 6) is 0.504. The quantitative estimate of drug-likeness (QED) is 0.349. The number of rotatable bonds is 4. The fourth-order valence-electron chi connectivity index (χ4n) is 5.39. The van der Waals surface area contributed by atoms with E-state index in [9.17, 15) is 9.59 Å². The van der Waals surface area contributed by atoms with E-state index in [1.54, 1.807) is 0 Å². The monoisotopic (exact) mass is 520 g/mol. The third-order valence-electron chi connectivity index (χ3n) is 7.26. The highest BCUT2D eigenvalue weighted by Crippen LogP contribution is 2.41. The Balaban J connectivity index is 0.00000267. The van der Waals surface area contributed by atoms with E-state index >= 15 is 0 Å². The lowest BCUT2D eigenvalue weighted by atomic mass is 9.88. The van der Waals surface area contributed by atoms with Crippen LogP contribution in [0.4, 0.5) is 5.69 Å². The average molecular weight is 521 g/mol. The first-order valence-corrected chi connectivity index (χ1v) is 13.1. The van der Waals surface area contributed by atoms with Crippen LogP contribution >= 0.6 is 23.7 Å². The number of anilines is 1. The Bertz CT molecular complexity index is 1440. The van der Waals surface area contributed by atoms with Gasteiger partial charge in [-0.2, -0.15) is 0 Å². The zero-order chi connectivity index (χ0) is 23.9. The summed E-state index contributed by atoms with van der Waals surface area (Å²) in [6.45, 7) is 5.18. The molecule has 0 unspecified atom stereocenters. The lowest BCUT2D eigenvalue weighted by Gasteiger charge is -2.31. The topological polar surface area (TPSA) is 74.3 Å². The number of likely N-dealkylation sites (tertiary alicyclic amines) is 1. The fourth-order valence-corrected chi connectivity index (χ4v) is 6.49. The average Bonchev–Trinajstić information content (AvgIpc) is 3.20. The van der Waals surface area contributed by atoms with Gasteiger partial charge in [0.25, 0.3) is 5.91 Å². The predicted octanol–water partition coefficient (Wildman–Crippen LogP) is 5.46. The number of nitrogens with zero attached hydrogens (tertiary/aromatic N) is 2. The zero-order valence-corrected chi connectivity index (χ0v) is 21.8. The van der Waals surface area contributed by atoms with E-state index in [0.717, 1.165) is 75.0 Å². The molecule has 1 saturated heterocycles. The Kier molecular flexibility index (Phi) is 6.97. The fraction of sp³-hybridized carbons (Fsp3) is 0.321. The third kappa shape index (κ3) is 4.47. The number of aromatic nitrogens is 1. The van der Waals surface area contributed by atoms with E-state index in [4.69, 9.17) is 4.98 Å². The van der Waals surface area contributed by atoms with Crippen LogP contribution in [0.5, 0.6) is 0 Å². The van der Waals surface area contributed by atoms with Crippen molar-refractivity contribution in [2.45, 2.75) is 31.7 Å². The van der Waals surface area contributed by atoms with Gasteiger partial charge >= 0.3 is 0 Å². The minimum Gasteiger partial charge on any atom is -0.381 e. The van der Waals surface area contributed by atoms with Crippen LogP contribution in [-0.4, -0.2) is 54.3 Å². The number of halogens is 1. The number of pyridine rings is 1. The highest BCUT2D eigenvalue weighted by Gasteiger charge is 2.25. The maximum Gasteiger partial charge on any atom is 0.263 e. The van der Waals surface area contributed by atoms with E-state index in [1.807, 2.05) is 6.92 Å². The molecular formula is C28H29ClN4O2S. The Labute approximate surface area is 220 Å². The smallest absolute Gasteiger partial charge is 0.263 e. The number of thiophene rings is 1. The first kappa shape index (κ1) is 24.7. The van der Waals surface area contributed by atoms with Gasteiger partial charge in [-0.25, -0.2) is 4.98 Å². The number of aldehydes is 1. The summed E-state index contributed by atoms with van der Waals surface area (Å²) in [4.78, 5) is 31.5. The van der Waals surface area contributed by atoms with Crippen molar-refractivity contribution in [1.29, 1.82) is 0 Å². The minimum atomic E-state index is -0.00904. The summed E-state index contributed by atoms with van der Waals surface area (Å²) in [6, 6.07) is 17.2. The second-order valence-electron chi connectivity index (χ2n) is 9.63. The number of nitrogens with one attached hydrogen (secondary N) is 2. The van der Waals surface area contributed by atoms with Crippen LogP contribution in [0.1, 0.15) is 40.9 Å². The summed E-state index contributed by atoms with van der Waals surface area (Å²) in [5, 5.41) is 8.70. The summed E-state index contributed by atoms with van der Waals surface area (Å²) in [7, 11) is 0. The molecular weight excluding hydrogens is 492 g/mol. The Hall–Kier alpha value is -3.00. The normalized spacial score (nSPS) is 18.7. The van der Waals surface area contributed by atoms with Crippen molar-refractivity contribution in [2.24, 2.45) is 0 Å². The van der Waals surface area contributed by atoms with Crippen molar-refractivity contribution >= 4 is 62.6 Å². The summed E-state index contributed by atoms with van der Waals surface area (Å²) in [5.41, 5.74) is 5.28. The SMILES string of the molecule is C[C@@H]1CNc2c(sc3ccc4nc(-c5cccc(C6CCN(CC=O)CC6)c5)ccc4c23)C(=O)N1.Cl.